The molecule has 0 radical (unpaired) electrons. The van der Waals surface area contributed by atoms with Crippen LogP contribution in [0.25, 0.3) is 0 Å². The van der Waals surface area contributed by atoms with Crippen LogP contribution in [0.3, 0.4) is 0 Å². The highest BCUT2D eigenvalue weighted by atomic mass is 32.2. The number of nitrogens with zero attached hydrogens (tertiary/aromatic N) is 1. The second kappa shape index (κ2) is 7.18. The zero-order valence-electron chi connectivity index (χ0n) is 12.2. The van der Waals surface area contributed by atoms with Gasteiger partial charge in [-0.25, -0.2) is 16.8 Å². The van der Waals surface area contributed by atoms with Gasteiger partial charge in [0.05, 0.1) is 22.9 Å². The maximum absolute atomic E-state index is 12.4. The fourth-order valence-electron chi connectivity index (χ4n) is 1.66. The normalized spacial score (nSPS) is 12.5. The predicted octanol–water partition coefficient (Wildman–Crippen LogP) is -0.787. The number of primary amides is 1. The molecule has 0 bridgehead atoms. The SMILES string of the molecule is COCCN(CC(N)=O)S(=O)(=O)c1ccc(S(C)(=O)=O)cc1. The van der Waals surface area contributed by atoms with Gasteiger partial charge in [-0.15, -0.1) is 0 Å². The van der Waals surface area contributed by atoms with Crippen molar-refractivity contribution in [3.63, 3.8) is 0 Å². The van der Waals surface area contributed by atoms with E-state index in [2.05, 4.69) is 0 Å². The molecule has 8 nitrogen and oxygen atoms in total. The second-order valence-corrected chi connectivity index (χ2v) is 8.49. The van der Waals surface area contributed by atoms with Gasteiger partial charge in [-0.1, -0.05) is 0 Å². The van der Waals surface area contributed by atoms with E-state index in [1.807, 2.05) is 0 Å². The minimum absolute atomic E-state index is 0.00444. The highest BCUT2D eigenvalue weighted by Gasteiger charge is 2.26. The molecule has 0 spiro atoms. The molecule has 0 fully saturated rings. The number of methoxy groups -OCH3 is 1. The Morgan fingerprint density at radius 2 is 1.64 bits per heavy atom. The van der Waals surface area contributed by atoms with Gasteiger partial charge < -0.3 is 10.5 Å². The number of carbonyl (C=O) groups excluding carboxylic acids is 1. The molecular weight excluding hydrogens is 332 g/mol. The van der Waals surface area contributed by atoms with E-state index in [4.69, 9.17) is 10.5 Å². The Morgan fingerprint density at radius 3 is 2.05 bits per heavy atom. The van der Waals surface area contributed by atoms with Crippen LogP contribution in [0, 0.1) is 0 Å². The van der Waals surface area contributed by atoms with E-state index in [0.29, 0.717) is 0 Å². The Balaban J connectivity index is 3.16. The van der Waals surface area contributed by atoms with Crippen molar-refractivity contribution in [1.29, 1.82) is 0 Å². The first-order valence-electron chi connectivity index (χ1n) is 6.16. The van der Waals surface area contributed by atoms with Crippen LogP contribution in [0.15, 0.2) is 34.1 Å². The molecule has 1 aromatic carbocycles. The number of hydrogen-bond donors (Lipinski definition) is 1. The maximum atomic E-state index is 12.4. The standard InChI is InChI=1S/C12H18N2O6S2/c1-20-8-7-14(9-12(13)15)22(18,19)11-5-3-10(4-6-11)21(2,16)17/h3-6H,7-9H2,1-2H3,(H2,13,15). The third-order valence-corrected chi connectivity index (χ3v) is 5.75. The number of sulfonamides is 1. The lowest BCUT2D eigenvalue weighted by molar-refractivity contribution is -0.118. The van der Waals surface area contributed by atoms with Gasteiger partial charge in [0, 0.05) is 19.9 Å². The van der Waals surface area contributed by atoms with E-state index in [1.165, 1.54) is 31.4 Å². The smallest absolute Gasteiger partial charge is 0.243 e. The van der Waals surface area contributed by atoms with Crippen LogP contribution in [0.5, 0.6) is 0 Å². The van der Waals surface area contributed by atoms with Crippen LogP contribution < -0.4 is 5.73 Å². The van der Waals surface area contributed by atoms with Gasteiger partial charge in [0.15, 0.2) is 9.84 Å². The zero-order valence-corrected chi connectivity index (χ0v) is 13.9. The van der Waals surface area contributed by atoms with Gasteiger partial charge in [0.25, 0.3) is 0 Å². The fourth-order valence-corrected chi connectivity index (χ4v) is 3.68. The quantitative estimate of drug-likeness (QED) is 0.655. The third-order valence-electron chi connectivity index (χ3n) is 2.77. The summed E-state index contributed by atoms with van der Waals surface area (Å²) in [7, 11) is -6.00. The second-order valence-electron chi connectivity index (χ2n) is 4.54. The Labute approximate surface area is 129 Å². The van der Waals surface area contributed by atoms with Gasteiger partial charge in [-0.3, -0.25) is 4.79 Å². The number of amides is 1. The Hall–Kier alpha value is -1.49. The predicted molar refractivity (Wildman–Crippen MR) is 79.4 cm³/mol. The first-order chi connectivity index (χ1) is 10.1. The Bertz CT molecular complexity index is 725. The van der Waals surface area contributed by atoms with Crippen LogP contribution >= 0.6 is 0 Å². The summed E-state index contributed by atoms with van der Waals surface area (Å²) in [5, 5.41) is 0. The Morgan fingerprint density at radius 1 is 1.14 bits per heavy atom. The lowest BCUT2D eigenvalue weighted by Gasteiger charge is -2.20. The summed E-state index contributed by atoms with van der Waals surface area (Å²) < 4.78 is 53.3. The molecule has 0 aliphatic rings. The van der Waals surface area contributed by atoms with Crippen molar-refractivity contribution in [2.75, 3.05) is 33.1 Å². The van der Waals surface area contributed by atoms with E-state index in [0.717, 1.165) is 10.6 Å². The van der Waals surface area contributed by atoms with E-state index < -0.39 is 32.3 Å². The number of nitrogens with two attached hydrogens (primary N) is 1. The summed E-state index contributed by atoms with van der Waals surface area (Å²) in [6.45, 7) is -0.441. The first-order valence-corrected chi connectivity index (χ1v) is 9.49. The summed E-state index contributed by atoms with van der Waals surface area (Å²) in [5.41, 5.74) is 5.06. The van der Waals surface area contributed by atoms with Crippen molar-refractivity contribution in [3.8, 4) is 0 Å². The molecule has 0 saturated carbocycles. The topological polar surface area (TPSA) is 124 Å². The van der Waals surface area contributed by atoms with Crippen molar-refractivity contribution in [2.45, 2.75) is 9.79 Å². The van der Waals surface area contributed by atoms with Gasteiger partial charge in [-0.2, -0.15) is 4.31 Å². The van der Waals surface area contributed by atoms with Gasteiger partial charge in [0.2, 0.25) is 15.9 Å². The molecule has 0 unspecified atom stereocenters. The summed E-state index contributed by atoms with van der Waals surface area (Å²) in [6.07, 6.45) is 1.02. The largest absolute Gasteiger partial charge is 0.383 e. The van der Waals surface area contributed by atoms with E-state index in [1.54, 1.807) is 0 Å². The molecule has 0 aromatic heterocycles. The van der Waals surface area contributed by atoms with Crippen molar-refractivity contribution in [3.05, 3.63) is 24.3 Å². The number of benzene rings is 1. The lowest BCUT2D eigenvalue weighted by atomic mass is 10.4. The minimum atomic E-state index is -3.97. The average molecular weight is 350 g/mol. The summed E-state index contributed by atoms with van der Waals surface area (Å²) in [5.74, 6) is -0.799. The van der Waals surface area contributed by atoms with Crippen molar-refractivity contribution >= 4 is 25.8 Å². The lowest BCUT2D eigenvalue weighted by Crippen LogP contribution is -2.40. The highest BCUT2D eigenvalue weighted by Crippen LogP contribution is 2.18. The molecule has 22 heavy (non-hydrogen) atoms. The number of carbonyl (C=O) groups is 1. The van der Waals surface area contributed by atoms with Gasteiger partial charge >= 0.3 is 0 Å². The van der Waals surface area contributed by atoms with E-state index >= 15 is 0 Å². The maximum Gasteiger partial charge on any atom is 0.243 e. The third kappa shape index (κ3) is 4.77. The van der Waals surface area contributed by atoms with Crippen LogP contribution in [0.4, 0.5) is 0 Å². The molecule has 0 aliphatic heterocycles. The van der Waals surface area contributed by atoms with Crippen LogP contribution in [-0.2, 0) is 29.4 Å². The summed E-state index contributed by atoms with van der Waals surface area (Å²) in [6, 6.07) is 4.74. The van der Waals surface area contributed by atoms with Gasteiger partial charge in [-0.05, 0) is 24.3 Å². The van der Waals surface area contributed by atoms with Gasteiger partial charge in [0.1, 0.15) is 0 Å². The average Bonchev–Trinajstić information content (AvgIpc) is 2.42. The Kier molecular flexibility index (Phi) is 6.06. The molecule has 0 saturated heterocycles. The van der Waals surface area contributed by atoms with Crippen molar-refractivity contribution < 1.29 is 26.4 Å². The van der Waals surface area contributed by atoms with Crippen LogP contribution in [0.1, 0.15) is 0 Å². The highest BCUT2D eigenvalue weighted by molar-refractivity contribution is 7.90. The summed E-state index contributed by atoms with van der Waals surface area (Å²) in [4.78, 5) is 10.9. The van der Waals surface area contributed by atoms with Crippen molar-refractivity contribution in [2.24, 2.45) is 5.73 Å². The van der Waals surface area contributed by atoms with Crippen LogP contribution in [0.2, 0.25) is 0 Å². The number of sulfone groups is 1. The molecular formula is C12H18N2O6S2. The summed E-state index contributed by atoms with van der Waals surface area (Å²) >= 11 is 0. The molecule has 0 atom stereocenters. The molecule has 0 heterocycles. The van der Waals surface area contributed by atoms with E-state index in [9.17, 15) is 21.6 Å². The molecule has 1 rings (SSSR count). The monoisotopic (exact) mass is 350 g/mol. The van der Waals surface area contributed by atoms with Crippen LogP contribution in [-0.4, -0.2) is 60.1 Å². The number of ether oxygens (including phenoxy) is 1. The van der Waals surface area contributed by atoms with E-state index in [-0.39, 0.29) is 22.9 Å². The molecule has 1 amide bonds. The molecule has 124 valence electrons. The zero-order chi connectivity index (χ0) is 17.0. The fraction of sp³-hybridized carbons (Fsp3) is 0.417. The minimum Gasteiger partial charge on any atom is -0.383 e. The molecule has 10 heteroatoms. The number of rotatable bonds is 8. The first kappa shape index (κ1) is 18.6. The van der Waals surface area contributed by atoms with Crippen molar-refractivity contribution in [1.82, 2.24) is 4.31 Å². The number of hydrogen-bond acceptors (Lipinski definition) is 6. The molecule has 1 aromatic rings. The molecule has 0 aliphatic carbocycles. The molecule has 2 N–H and O–H groups in total.